The molecule has 0 aromatic carbocycles. The third-order valence-electron chi connectivity index (χ3n) is 11.0. The van der Waals surface area contributed by atoms with Crippen molar-refractivity contribution in [2.24, 2.45) is 46.3 Å². The summed E-state index contributed by atoms with van der Waals surface area (Å²) in [4.78, 5) is 12.1. The van der Waals surface area contributed by atoms with Gasteiger partial charge in [-0.15, -0.1) is 0 Å². The standard InChI is InChI=1S/C31H52O2/c1-7-9-29(32)33-24-16-18-30(5)23(20-24)12-13-25-27-15-14-26(22(4)11-8-10-21(2)3)31(27,6)19-17-28(25)30/h12,21-22,24-28H,7-11,13-20H2,1-6H3/t22-,24+,25-,26+,27-,28-,30+,31+/m1/s1. The molecule has 0 heterocycles. The van der Waals surface area contributed by atoms with Crippen LogP contribution in [0.1, 0.15) is 125 Å². The summed E-state index contributed by atoms with van der Waals surface area (Å²) in [6, 6.07) is 0. The monoisotopic (exact) mass is 456 g/mol. The summed E-state index contributed by atoms with van der Waals surface area (Å²) in [6.45, 7) is 14.6. The molecule has 4 aliphatic rings. The predicted molar refractivity (Wildman–Crippen MR) is 138 cm³/mol. The Morgan fingerprint density at radius 1 is 1.06 bits per heavy atom. The third-order valence-corrected chi connectivity index (χ3v) is 11.0. The summed E-state index contributed by atoms with van der Waals surface area (Å²) in [5.74, 6) is 5.31. The maximum absolute atomic E-state index is 12.1. The molecular formula is C31H52O2. The second-order valence-corrected chi connectivity index (χ2v) is 13.4. The summed E-state index contributed by atoms with van der Waals surface area (Å²) in [5.41, 5.74) is 2.54. The molecule has 0 aromatic rings. The summed E-state index contributed by atoms with van der Waals surface area (Å²) < 4.78 is 5.85. The van der Waals surface area contributed by atoms with Gasteiger partial charge < -0.3 is 4.74 Å². The van der Waals surface area contributed by atoms with Crippen molar-refractivity contribution in [1.29, 1.82) is 0 Å². The fourth-order valence-electron chi connectivity index (χ4n) is 9.20. The highest BCUT2D eigenvalue weighted by atomic mass is 16.5. The van der Waals surface area contributed by atoms with Crippen molar-refractivity contribution in [1.82, 2.24) is 0 Å². The smallest absolute Gasteiger partial charge is 0.306 e. The van der Waals surface area contributed by atoms with Crippen LogP contribution in [0.3, 0.4) is 0 Å². The number of ether oxygens (including phenoxy) is 1. The van der Waals surface area contributed by atoms with Gasteiger partial charge in [0.2, 0.25) is 0 Å². The van der Waals surface area contributed by atoms with Crippen LogP contribution in [-0.2, 0) is 9.53 Å². The van der Waals surface area contributed by atoms with Gasteiger partial charge in [-0.05, 0) is 97.7 Å². The molecular weight excluding hydrogens is 404 g/mol. The zero-order chi connectivity index (χ0) is 23.8. The van der Waals surface area contributed by atoms with Crippen LogP contribution in [0.4, 0.5) is 0 Å². The van der Waals surface area contributed by atoms with Gasteiger partial charge in [0.15, 0.2) is 0 Å². The fraction of sp³-hybridized carbons (Fsp3) is 0.903. The Kier molecular flexibility index (Phi) is 7.72. The number of rotatable bonds is 8. The lowest BCUT2D eigenvalue weighted by Gasteiger charge is -2.58. The molecule has 2 heteroatoms. The van der Waals surface area contributed by atoms with Gasteiger partial charge in [0.05, 0.1) is 0 Å². The van der Waals surface area contributed by atoms with E-state index in [-0.39, 0.29) is 12.1 Å². The van der Waals surface area contributed by atoms with Gasteiger partial charge in [-0.2, -0.15) is 0 Å². The Morgan fingerprint density at radius 2 is 1.85 bits per heavy atom. The first-order chi connectivity index (χ1) is 15.7. The Hall–Kier alpha value is -0.790. The molecule has 4 rings (SSSR count). The van der Waals surface area contributed by atoms with Crippen LogP contribution >= 0.6 is 0 Å². The van der Waals surface area contributed by atoms with E-state index in [0.29, 0.717) is 17.3 Å². The highest BCUT2D eigenvalue weighted by Gasteiger charge is 2.59. The van der Waals surface area contributed by atoms with Crippen LogP contribution in [0, 0.1) is 46.3 Å². The van der Waals surface area contributed by atoms with Crippen molar-refractivity contribution in [2.45, 2.75) is 131 Å². The lowest BCUT2D eigenvalue weighted by Crippen LogP contribution is -2.51. The summed E-state index contributed by atoms with van der Waals surface area (Å²) >= 11 is 0. The number of hydrogen-bond acceptors (Lipinski definition) is 2. The highest BCUT2D eigenvalue weighted by Crippen LogP contribution is 2.67. The van der Waals surface area contributed by atoms with Crippen molar-refractivity contribution in [3.05, 3.63) is 11.6 Å². The van der Waals surface area contributed by atoms with Crippen LogP contribution in [0.25, 0.3) is 0 Å². The van der Waals surface area contributed by atoms with Crippen molar-refractivity contribution in [2.75, 3.05) is 0 Å². The normalized spacial score (nSPS) is 41.1. The molecule has 3 saturated carbocycles. The molecule has 0 amide bonds. The quantitative estimate of drug-likeness (QED) is 0.269. The molecule has 0 spiro atoms. The minimum atomic E-state index is 0.00772. The largest absolute Gasteiger partial charge is 0.462 e. The number of esters is 1. The molecule has 188 valence electrons. The molecule has 8 atom stereocenters. The van der Waals surface area contributed by atoms with E-state index >= 15 is 0 Å². The number of allylic oxidation sites excluding steroid dienone is 1. The number of carbonyl (C=O) groups is 1. The van der Waals surface area contributed by atoms with Crippen LogP contribution in [0.5, 0.6) is 0 Å². The second kappa shape index (κ2) is 10.1. The molecule has 0 aromatic heterocycles. The van der Waals surface area contributed by atoms with E-state index in [4.69, 9.17) is 4.74 Å². The molecule has 0 saturated heterocycles. The Labute approximate surface area is 204 Å². The van der Waals surface area contributed by atoms with Gasteiger partial charge in [-0.25, -0.2) is 0 Å². The van der Waals surface area contributed by atoms with Gasteiger partial charge >= 0.3 is 5.97 Å². The summed E-state index contributed by atoms with van der Waals surface area (Å²) in [6.07, 6.45) is 18.8. The van der Waals surface area contributed by atoms with E-state index in [1.807, 2.05) is 0 Å². The van der Waals surface area contributed by atoms with Crippen LogP contribution in [0.2, 0.25) is 0 Å². The number of hydrogen-bond donors (Lipinski definition) is 0. The highest BCUT2D eigenvalue weighted by molar-refractivity contribution is 5.69. The van der Waals surface area contributed by atoms with E-state index < -0.39 is 0 Å². The van der Waals surface area contributed by atoms with Crippen LogP contribution < -0.4 is 0 Å². The van der Waals surface area contributed by atoms with Gasteiger partial charge in [0.1, 0.15) is 6.10 Å². The number of carbonyl (C=O) groups excluding carboxylic acids is 1. The topological polar surface area (TPSA) is 26.3 Å². The summed E-state index contributed by atoms with van der Waals surface area (Å²) in [7, 11) is 0. The van der Waals surface area contributed by atoms with Crippen molar-refractivity contribution in [3.63, 3.8) is 0 Å². The van der Waals surface area contributed by atoms with E-state index in [1.165, 1.54) is 57.8 Å². The van der Waals surface area contributed by atoms with Crippen molar-refractivity contribution >= 4 is 5.97 Å². The maximum Gasteiger partial charge on any atom is 0.306 e. The first-order valence-corrected chi connectivity index (χ1v) is 14.6. The van der Waals surface area contributed by atoms with E-state index in [0.717, 1.165) is 54.8 Å². The molecule has 0 radical (unpaired) electrons. The number of fused-ring (bicyclic) bond motifs is 5. The summed E-state index contributed by atoms with van der Waals surface area (Å²) in [5, 5.41) is 0. The fourth-order valence-corrected chi connectivity index (χ4v) is 9.20. The first kappa shape index (κ1) is 25.3. The van der Waals surface area contributed by atoms with Crippen LogP contribution in [-0.4, -0.2) is 12.1 Å². The molecule has 3 fully saturated rings. The molecule has 4 aliphatic carbocycles. The third kappa shape index (κ3) is 4.84. The maximum atomic E-state index is 12.1. The van der Waals surface area contributed by atoms with Gasteiger partial charge in [0, 0.05) is 12.8 Å². The van der Waals surface area contributed by atoms with Crippen molar-refractivity contribution in [3.8, 4) is 0 Å². The lowest BCUT2D eigenvalue weighted by molar-refractivity contribution is -0.151. The Morgan fingerprint density at radius 3 is 2.58 bits per heavy atom. The van der Waals surface area contributed by atoms with E-state index in [9.17, 15) is 4.79 Å². The second-order valence-electron chi connectivity index (χ2n) is 13.4. The molecule has 0 unspecified atom stereocenters. The minimum Gasteiger partial charge on any atom is -0.462 e. The SMILES string of the molecule is CCCC(=O)O[C@H]1CC[C@@]2(C)C(=CC[C@@H]3[C@H]4CC[C@@H]([C@H](C)CCCC(C)C)[C@]4(C)CC[C@H]32)C1. The van der Waals surface area contributed by atoms with Crippen molar-refractivity contribution < 1.29 is 9.53 Å². The lowest BCUT2D eigenvalue weighted by atomic mass is 9.47. The average molecular weight is 457 g/mol. The van der Waals surface area contributed by atoms with Crippen LogP contribution in [0.15, 0.2) is 11.6 Å². The molecule has 2 nitrogen and oxygen atoms in total. The molecule has 33 heavy (non-hydrogen) atoms. The minimum absolute atomic E-state index is 0.00772. The van der Waals surface area contributed by atoms with Gasteiger partial charge in [0.25, 0.3) is 0 Å². The van der Waals surface area contributed by atoms with E-state index in [1.54, 1.807) is 5.57 Å². The first-order valence-electron chi connectivity index (χ1n) is 14.6. The average Bonchev–Trinajstić information content (AvgIpc) is 3.11. The van der Waals surface area contributed by atoms with Gasteiger partial charge in [-0.3, -0.25) is 4.79 Å². The molecule has 0 N–H and O–H groups in total. The Bertz CT molecular complexity index is 722. The van der Waals surface area contributed by atoms with E-state index in [2.05, 4.69) is 47.6 Å². The predicted octanol–water partition coefficient (Wildman–Crippen LogP) is 8.74. The zero-order valence-corrected chi connectivity index (χ0v) is 22.6. The molecule has 0 bridgehead atoms. The molecule has 0 aliphatic heterocycles. The van der Waals surface area contributed by atoms with Gasteiger partial charge in [-0.1, -0.05) is 72.5 Å². The Balaban J connectivity index is 1.43. The zero-order valence-electron chi connectivity index (χ0n) is 22.6.